The Bertz CT molecular complexity index is 571. The molecule has 0 aromatic carbocycles. The van der Waals surface area contributed by atoms with Crippen LogP contribution in [-0.2, 0) is 14.8 Å². The van der Waals surface area contributed by atoms with E-state index in [4.69, 9.17) is 0 Å². The second-order valence-electron chi connectivity index (χ2n) is 5.29. The molecule has 3 heterocycles. The van der Waals surface area contributed by atoms with E-state index in [0.29, 0.717) is 30.1 Å². The Hall–Kier alpha value is -0.920. The lowest BCUT2D eigenvalue weighted by molar-refractivity contribution is -0.140. The van der Waals surface area contributed by atoms with Gasteiger partial charge in [0.05, 0.1) is 0 Å². The number of thiophene rings is 1. The maximum Gasteiger partial charge on any atom is 0.252 e. The van der Waals surface area contributed by atoms with E-state index in [1.165, 1.54) is 15.6 Å². The minimum Gasteiger partial charge on any atom is -0.342 e. The van der Waals surface area contributed by atoms with Crippen molar-refractivity contribution in [1.29, 1.82) is 0 Å². The van der Waals surface area contributed by atoms with Gasteiger partial charge in [-0.15, -0.1) is 11.3 Å². The molecule has 1 aromatic rings. The number of rotatable bonds is 3. The van der Waals surface area contributed by atoms with E-state index in [1.807, 2.05) is 4.90 Å². The van der Waals surface area contributed by atoms with Gasteiger partial charge in [0, 0.05) is 32.1 Å². The molecule has 0 spiro atoms. The van der Waals surface area contributed by atoms with Crippen molar-refractivity contribution in [3.63, 3.8) is 0 Å². The van der Waals surface area contributed by atoms with Crippen molar-refractivity contribution in [2.75, 3.05) is 26.2 Å². The lowest BCUT2D eigenvalue weighted by Gasteiger charge is -2.37. The van der Waals surface area contributed by atoms with Crippen LogP contribution in [0.25, 0.3) is 0 Å². The van der Waals surface area contributed by atoms with E-state index in [0.717, 1.165) is 19.5 Å². The molecule has 7 heteroatoms. The summed E-state index contributed by atoms with van der Waals surface area (Å²) < 4.78 is 26.6. The van der Waals surface area contributed by atoms with Crippen molar-refractivity contribution in [3.8, 4) is 0 Å². The fourth-order valence-corrected chi connectivity index (χ4v) is 5.29. The minimum atomic E-state index is -3.35. The Kier molecular flexibility index (Phi) is 3.83. The maximum atomic E-state index is 12.4. The van der Waals surface area contributed by atoms with Crippen LogP contribution in [-0.4, -0.2) is 49.7 Å². The molecule has 0 saturated carbocycles. The molecule has 2 aliphatic heterocycles. The molecule has 5 nitrogen and oxygen atoms in total. The smallest absolute Gasteiger partial charge is 0.252 e. The molecule has 0 aliphatic carbocycles. The van der Waals surface area contributed by atoms with Gasteiger partial charge in [0.15, 0.2) is 0 Å². The van der Waals surface area contributed by atoms with Crippen molar-refractivity contribution in [3.05, 3.63) is 17.5 Å². The second-order valence-corrected chi connectivity index (χ2v) is 8.40. The maximum absolute atomic E-state index is 12.4. The summed E-state index contributed by atoms with van der Waals surface area (Å²) in [5.74, 6) is 0.217. The molecule has 1 aromatic heterocycles. The first-order valence-corrected chi connectivity index (χ1v) is 9.23. The van der Waals surface area contributed by atoms with Crippen molar-refractivity contribution in [2.45, 2.75) is 23.5 Å². The van der Waals surface area contributed by atoms with Gasteiger partial charge < -0.3 is 4.90 Å². The van der Waals surface area contributed by atoms with Gasteiger partial charge in [-0.1, -0.05) is 6.07 Å². The van der Waals surface area contributed by atoms with Gasteiger partial charge in [-0.2, -0.15) is 4.31 Å². The number of piperidine rings is 1. The summed E-state index contributed by atoms with van der Waals surface area (Å²) in [5, 5.41) is 1.77. The molecular formula is C13H18N2O3S2. The number of sulfonamides is 1. The Balaban J connectivity index is 1.62. The van der Waals surface area contributed by atoms with Crippen LogP contribution in [0.3, 0.4) is 0 Å². The van der Waals surface area contributed by atoms with Crippen molar-refractivity contribution >= 4 is 27.3 Å². The summed E-state index contributed by atoms with van der Waals surface area (Å²) in [5.41, 5.74) is 0. The molecule has 0 radical (unpaired) electrons. The van der Waals surface area contributed by atoms with Gasteiger partial charge in [0.25, 0.3) is 10.0 Å². The standard InChI is InChI=1S/C13H18N2O3S2/c16-13(14-6-2-7-14)11-4-8-15(9-5-11)20(17,18)12-3-1-10-19-12/h1,3,10-11H,2,4-9H2. The average molecular weight is 314 g/mol. The highest BCUT2D eigenvalue weighted by Gasteiger charge is 2.35. The first-order chi connectivity index (χ1) is 9.59. The fraction of sp³-hybridized carbons (Fsp3) is 0.615. The molecule has 3 rings (SSSR count). The molecule has 20 heavy (non-hydrogen) atoms. The van der Waals surface area contributed by atoms with Crippen LogP contribution in [0.4, 0.5) is 0 Å². The van der Waals surface area contributed by atoms with Crippen LogP contribution in [0.15, 0.2) is 21.7 Å². The molecule has 1 amide bonds. The van der Waals surface area contributed by atoms with Crippen LogP contribution >= 0.6 is 11.3 Å². The third-order valence-electron chi connectivity index (χ3n) is 4.06. The highest BCUT2D eigenvalue weighted by molar-refractivity contribution is 7.91. The van der Waals surface area contributed by atoms with E-state index in [2.05, 4.69) is 0 Å². The molecule has 0 N–H and O–H groups in total. The van der Waals surface area contributed by atoms with Gasteiger partial charge in [0.1, 0.15) is 4.21 Å². The summed E-state index contributed by atoms with van der Waals surface area (Å²) in [6.45, 7) is 2.63. The van der Waals surface area contributed by atoms with Gasteiger partial charge in [0.2, 0.25) is 5.91 Å². The lowest BCUT2D eigenvalue weighted by Crippen LogP contribution is -2.48. The van der Waals surface area contributed by atoms with Crippen LogP contribution < -0.4 is 0 Å². The highest BCUT2D eigenvalue weighted by atomic mass is 32.2. The summed E-state index contributed by atoms with van der Waals surface area (Å²) in [4.78, 5) is 14.0. The Morgan fingerprint density at radius 1 is 1.20 bits per heavy atom. The minimum absolute atomic E-state index is 0.00471. The Morgan fingerprint density at radius 2 is 1.90 bits per heavy atom. The molecule has 2 saturated heterocycles. The third kappa shape index (κ3) is 2.49. The molecule has 2 fully saturated rings. The van der Waals surface area contributed by atoms with E-state index >= 15 is 0 Å². The number of hydrogen-bond donors (Lipinski definition) is 0. The monoisotopic (exact) mass is 314 g/mol. The lowest BCUT2D eigenvalue weighted by atomic mass is 9.95. The van der Waals surface area contributed by atoms with Crippen molar-refractivity contribution in [1.82, 2.24) is 9.21 Å². The molecule has 0 atom stereocenters. The SMILES string of the molecule is O=C(C1CCN(S(=O)(=O)c2cccs2)CC1)N1CCC1. The van der Waals surface area contributed by atoms with Crippen molar-refractivity contribution < 1.29 is 13.2 Å². The summed E-state index contributed by atoms with van der Waals surface area (Å²) in [7, 11) is -3.35. The van der Waals surface area contributed by atoms with Gasteiger partial charge >= 0.3 is 0 Å². The van der Waals surface area contributed by atoms with Crippen LogP contribution in [0, 0.1) is 5.92 Å². The fourth-order valence-electron chi connectivity index (χ4n) is 2.68. The van der Waals surface area contributed by atoms with Gasteiger partial charge in [-0.05, 0) is 30.7 Å². The average Bonchev–Trinajstić information content (AvgIpc) is 2.91. The summed E-state index contributed by atoms with van der Waals surface area (Å²) in [6.07, 6.45) is 2.37. The molecule has 0 unspecified atom stereocenters. The number of likely N-dealkylation sites (tertiary alicyclic amines) is 1. The second kappa shape index (κ2) is 5.46. The third-order valence-corrected chi connectivity index (χ3v) is 7.33. The summed E-state index contributed by atoms with van der Waals surface area (Å²) >= 11 is 1.24. The van der Waals surface area contributed by atoms with E-state index in [1.54, 1.807) is 17.5 Å². The zero-order chi connectivity index (χ0) is 14.2. The number of carbonyl (C=O) groups excluding carboxylic acids is 1. The Morgan fingerprint density at radius 3 is 2.40 bits per heavy atom. The van der Waals surface area contributed by atoms with Crippen LogP contribution in [0.1, 0.15) is 19.3 Å². The molecule has 2 aliphatic rings. The Labute approximate surface area is 123 Å². The predicted octanol–water partition coefficient (Wildman–Crippen LogP) is 1.38. The van der Waals surface area contributed by atoms with E-state index in [-0.39, 0.29) is 11.8 Å². The number of amides is 1. The number of nitrogens with zero attached hydrogens (tertiary/aromatic N) is 2. The van der Waals surface area contributed by atoms with Crippen LogP contribution in [0.2, 0.25) is 0 Å². The first kappa shape index (κ1) is 14.0. The van der Waals surface area contributed by atoms with E-state index in [9.17, 15) is 13.2 Å². The summed E-state index contributed by atoms with van der Waals surface area (Å²) in [6, 6.07) is 3.38. The normalized spacial score (nSPS) is 21.7. The zero-order valence-electron chi connectivity index (χ0n) is 11.2. The first-order valence-electron chi connectivity index (χ1n) is 6.91. The van der Waals surface area contributed by atoms with Gasteiger partial charge in [-0.25, -0.2) is 8.42 Å². The number of carbonyl (C=O) groups is 1. The molecule has 0 bridgehead atoms. The van der Waals surface area contributed by atoms with Gasteiger partial charge in [-0.3, -0.25) is 4.79 Å². The topological polar surface area (TPSA) is 57.7 Å². The molecule has 110 valence electrons. The zero-order valence-corrected chi connectivity index (χ0v) is 12.8. The van der Waals surface area contributed by atoms with Crippen molar-refractivity contribution in [2.24, 2.45) is 5.92 Å². The number of hydrogen-bond acceptors (Lipinski definition) is 4. The highest BCUT2D eigenvalue weighted by Crippen LogP contribution is 2.27. The largest absolute Gasteiger partial charge is 0.342 e. The van der Waals surface area contributed by atoms with Crippen LogP contribution in [0.5, 0.6) is 0 Å². The molecular weight excluding hydrogens is 296 g/mol. The predicted molar refractivity (Wildman–Crippen MR) is 77.0 cm³/mol. The van der Waals surface area contributed by atoms with E-state index < -0.39 is 10.0 Å². The quantitative estimate of drug-likeness (QED) is 0.847.